The third-order valence-electron chi connectivity index (χ3n) is 1.18. The van der Waals surface area contributed by atoms with Crippen molar-refractivity contribution in [1.29, 1.82) is 0 Å². The zero-order chi connectivity index (χ0) is 9.19. The highest BCUT2D eigenvalue weighted by molar-refractivity contribution is 7.12. The van der Waals surface area contributed by atoms with Crippen molar-refractivity contribution in [2.45, 2.75) is 26.4 Å². The second-order valence-corrected chi connectivity index (χ2v) is 4.37. The first-order valence-corrected chi connectivity index (χ1v) is 4.62. The van der Waals surface area contributed by atoms with Crippen LogP contribution >= 0.6 is 11.3 Å². The lowest BCUT2D eigenvalue weighted by atomic mass is 10.2. The highest BCUT2D eigenvalue weighted by Crippen LogP contribution is 2.27. The van der Waals surface area contributed by atoms with Gasteiger partial charge in [0, 0.05) is 0 Å². The molecule has 0 amide bonds. The Kier molecular flexibility index (Phi) is 2.52. The average molecular weight is 184 g/mol. The predicted octanol–water partition coefficient (Wildman–Crippen LogP) is 2.74. The Morgan fingerprint density at radius 3 is 2.67 bits per heavy atom. The molecule has 0 saturated carbocycles. The van der Waals surface area contributed by atoms with E-state index in [1.807, 2.05) is 26.2 Å². The maximum atomic E-state index is 10.5. The summed E-state index contributed by atoms with van der Waals surface area (Å²) in [5, 5.41) is 2.56. The molecule has 0 bridgehead atoms. The van der Waals surface area contributed by atoms with Crippen LogP contribution in [0.4, 0.5) is 0 Å². The van der Waals surface area contributed by atoms with Crippen molar-refractivity contribution in [2.75, 3.05) is 0 Å². The molecule has 12 heavy (non-hydrogen) atoms. The Labute approximate surface area is 76.2 Å². The van der Waals surface area contributed by atoms with E-state index in [-0.39, 0.29) is 5.60 Å². The topological polar surface area (TPSA) is 26.3 Å². The van der Waals surface area contributed by atoms with Crippen LogP contribution < -0.4 is 4.74 Å². The lowest BCUT2D eigenvalue weighted by molar-refractivity contribution is 0.110. The van der Waals surface area contributed by atoms with Crippen LogP contribution in [0.25, 0.3) is 0 Å². The maximum absolute atomic E-state index is 10.5. The molecule has 1 aromatic rings. The van der Waals surface area contributed by atoms with Crippen LogP contribution in [-0.4, -0.2) is 11.9 Å². The van der Waals surface area contributed by atoms with Crippen molar-refractivity contribution in [3.8, 4) is 5.06 Å². The molecule has 0 radical (unpaired) electrons. The summed E-state index contributed by atoms with van der Waals surface area (Å²) in [6.07, 6.45) is 0.817. The van der Waals surface area contributed by atoms with Crippen LogP contribution in [0.3, 0.4) is 0 Å². The SMILES string of the molecule is CC(C)(C)Oc1sccc1C=O. The monoisotopic (exact) mass is 184 g/mol. The van der Waals surface area contributed by atoms with E-state index in [0.29, 0.717) is 10.6 Å². The minimum absolute atomic E-state index is 0.234. The Morgan fingerprint density at radius 1 is 1.50 bits per heavy atom. The molecule has 0 N–H and O–H groups in total. The van der Waals surface area contributed by atoms with Gasteiger partial charge in [-0.1, -0.05) is 0 Å². The molecule has 0 aliphatic rings. The molecular formula is C9H12O2S. The molecule has 1 heterocycles. The number of carbonyl (C=O) groups is 1. The Balaban J connectivity index is 2.81. The molecule has 0 aliphatic carbocycles. The Bertz CT molecular complexity index is 270. The highest BCUT2D eigenvalue weighted by atomic mass is 32.1. The second-order valence-electron chi connectivity index (χ2n) is 3.50. The van der Waals surface area contributed by atoms with Crippen molar-refractivity contribution in [2.24, 2.45) is 0 Å². The van der Waals surface area contributed by atoms with Gasteiger partial charge in [-0.25, -0.2) is 0 Å². The molecular weight excluding hydrogens is 172 g/mol. The van der Waals surface area contributed by atoms with Gasteiger partial charge >= 0.3 is 0 Å². The van der Waals surface area contributed by atoms with Crippen LogP contribution in [0.1, 0.15) is 31.1 Å². The van der Waals surface area contributed by atoms with Crippen molar-refractivity contribution >= 4 is 17.6 Å². The minimum Gasteiger partial charge on any atom is -0.478 e. The number of ether oxygens (including phenoxy) is 1. The second kappa shape index (κ2) is 3.27. The highest BCUT2D eigenvalue weighted by Gasteiger charge is 2.14. The first-order chi connectivity index (χ1) is 5.53. The summed E-state index contributed by atoms with van der Waals surface area (Å²) >= 11 is 1.45. The molecule has 2 nitrogen and oxygen atoms in total. The molecule has 3 heteroatoms. The zero-order valence-electron chi connectivity index (χ0n) is 7.46. The van der Waals surface area contributed by atoms with Crippen LogP contribution in [0.5, 0.6) is 5.06 Å². The van der Waals surface area contributed by atoms with E-state index in [1.165, 1.54) is 11.3 Å². The number of rotatable bonds is 2. The average Bonchev–Trinajstić information content (AvgIpc) is 2.31. The molecule has 0 spiro atoms. The third-order valence-corrected chi connectivity index (χ3v) is 1.99. The molecule has 0 aliphatic heterocycles. The number of hydrogen-bond donors (Lipinski definition) is 0. The van der Waals surface area contributed by atoms with Crippen LogP contribution in [0.2, 0.25) is 0 Å². The first-order valence-electron chi connectivity index (χ1n) is 3.74. The van der Waals surface area contributed by atoms with E-state index in [2.05, 4.69) is 0 Å². The summed E-state index contributed by atoms with van der Waals surface area (Å²) in [6, 6.07) is 1.76. The lowest BCUT2D eigenvalue weighted by Gasteiger charge is -2.19. The van der Waals surface area contributed by atoms with Gasteiger partial charge in [-0.2, -0.15) is 0 Å². The summed E-state index contributed by atoms with van der Waals surface area (Å²) in [5.74, 6) is 0. The van der Waals surface area contributed by atoms with E-state index < -0.39 is 0 Å². The van der Waals surface area contributed by atoms with Gasteiger partial charge in [-0.05, 0) is 32.2 Å². The van der Waals surface area contributed by atoms with Gasteiger partial charge < -0.3 is 4.74 Å². The van der Waals surface area contributed by atoms with Gasteiger partial charge in [0.25, 0.3) is 0 Å². The minimum atomic E-state index is -0.234. The summed E-state index contributed by atoms with van der Waals surface area (Å²) in [7, 11) is 0. The van der Waals surface area contributed by atoms with Gasteiger partial charge in [0.15, 0.2) is 11.3 Å². The third kappa shape index (κ3) is 2.34. The quantitative estimate of drug-likeness (QED) is 0.660. The van der Waals surface area contributed by atoms with E-state index in [4.69, 9.17) is 4.74 Å². The fourth-order valence-corrected chi connectivity index (χ4v) is 1.64. The van der Waals surface area contributed by atoms with E-state index in [1.54, 1.807) is 6.07 Å². The summed E-state index contributed by atoms with van der Waals surface area (Å²) in [6.45, 7) is 5.88. The smallest absolute Gasteiger partial charge is 0.185 e. The molecule has 0 unspecified atom stereocenters. The molecule has 0 fully saturated rings. The Morgan fingerprint density at radius 2 is 2.17 bits per heavy atom. The van der Waals surface area contributed by atoms with Gasteiger partial charge in [-0.3, -0.25) is 4.79 Å². The van der Waals surface area contributed by atoms with Crippen molar-refractivity contribution in [3.05, 3.63) is 17.0 Å². The molecule has 1 rings (SSSR count). The summed E-state index contributed by atoms with van der Waals surface area (Å²) < 4.78 is 5.55. The predicted molar refractivity (Wildman–Crippen MR) is 50.1 cm³/mol. The van der Waals surface area contributed by atoms with Gasteiger partial charge in [0.2, 0.25) is 0 Å². The van der Waals surface area contributed by atoms with Crippen molar-refractivity contribution < 1.29 is 9.53 Å². The fourth-order valence-electron chi connectivity index (χ4n) is 0.754. The molecule has 66 valence electrons. The Hall–Kier alpha value is -0.830. The van der Waals surface area contributed by atoms with Gasteiger partial charge in [0.1, 0.15) is 5.60 Å². The number of aldehydes is 1. The number of thiophene rings is 1. The number of carbonyl (C=O) groups excluding carboxylic acids is 1. The van der Waals surface area contributed by atoms with E-state index in [9.17, 15) is 4.79 Å². The van der Waals surface area contributed by atoms with Crippen LogP contribution in [0.15, 0.2) is 11.4 Å². The zero-order valence-corrected chi connectivity index (χ0v) is 8.27. The first kappa shape index (κ1) is 9.26. The maximum Gasteiger partial charge on any atom is 0.185 e. The number of hydrogen-bond acceptors (Lipinski definition) is 3. The molecule has 0 saturated heterocycles. The van der Waals surface area contributed by atoms with Crippen LogP contribution in [-0.2, 0) is 0 Å². The van der Waals surface area contributed by atoms with Gasteiger partial charge in [-0.15, -0.1) is 11.3 Å². The lowest BCUT2D eigenvalue weighted by Crippen LogP contribution is -2.22. The normalized spacial score (nSPS) is 11.2. The van der Waals surface area contributed by atoms with Crippen molar-refractivity contribution in [1.82, 2.24) is 0 Å². The van der Waals surface area contributed by atoms with E-state index in [0.717, 1.165) is 6.29 Å². The summed E-state index contributed by atoms with van der Waals surface area (Å²) in [4.78, 5) is 10.5. The van der Waals surface area contributed by atoms with Crippen molar-refractivity contribution in [3.63, 3.8) is 0 Å². The van der Waals surface area contributed by atoms with E-state index >= 15 is 0 Å². The van der Waals surface area contributed by atoms with Crippen LogP contribution in [0, 0.1) is 0 Å². The summed E-state index contributed by atoms with van der Waals surface area (Å²) in [5.41, 5.74) is 0.401. The molecule has 0 aromatic carbocycles. The largest absolute Gasteiger partial charge is 0.478 e. The van der Waals surface area contributed by atoms with Gasteiger partial charge in [0.05, 0.1) is 5.56 Å². The molecule has 0 atom stereocenters. The molecule has 1 aromatic heterocycles. The fraction of sp³-hybridized carbons (Fsp3) is 0.444. The standard InChI is InChI=1S/C9H12O2S/c1-9(2,3)11-8-7(6-10)4-5-12-8/h4-6H,1-3H3.